The molecule has 0 spiro atoms. The Bertz CT molecular complexity index is 709. The van der Waals surface area contributed by atoms with Crippen LogP contribution in [0.2, 0.25) is 0 Å². The zero-order valence-corrected chi connectivity index (χ0v) is 13.6. The lowest BCUT2D eigenvalue weighted by Crippen LogP contribution is -2.21. The Morgan fingerprint density at radius 3 is 2.73 bits per heavy atom. The lowest BCUT2D eigenvalue weighted by atomic mass is 10.3. The van der Waals surface area contributed by atoms with Gasteiger partial charge < -0.3 is 13.9 Å². The van der Waals surface area contributed by atoms with Crippen LogP contribution in [0.3, 0.4) is 0 Å². The second-order valence-electron chi connectivity index (χ2n) is 4.37. The first-order valence-electron chi connectivity index (χ1n) is 6.51. The molecule has 0 saturated carbocycles. The molecule has 1 aromatic carbocycles. The van der Waals surface area contributed by atoms with Crippen LogP contribution in [-0.2, 0) is 17.7 Å². The molecule has 0 saturated heterocycles. The van der Waals surface area contributed by atoms with Crippen molar-refractivity contribution >= 4 is 32.7 Å². The summed E-state index contributed by atoms with van der Waals surface area (Å²) in [6.07, 6.45) is -4.71. The number of hydrogen-bond acceptors (Lipinski definition) is 4. The number of alkyl halides is 3. The first-order chi connectivity index (χ1) is 10.3. The number of nitrogens with zero attached hydrogens (tertiary/aromatic N) is 2. The predicted octanol–water partition coefficient (Wildman–Crippen LogP) is 2.90. The highest BCUT2D eigenvalue weighted by Gasteiger charge is 2.31. The largest absolute Gasteiger partial charge is 0.616 e. The molecule has 2 aromatic rings. The molecule has 22 heavy (non-hydrogen) atoms. The molecule has 0 aliphatic rings. The Morgan fingerprint density at radius 2 is 2.14 bits per heavy atom. The summed E-state index contributed by atoms with van der Waals surface area (Å²) in [5.74, 6) is 0.800. The van der Waals surface area contributed by atoms with Gasteiger partial charge in [-0.2, -0.15) is 0 Å². The minimum Gasteiger partial charge on any atom is -0.616 e. The van der Waals surface area contributed by atoms with E-state index in [1.54, 1.807) is 13.1 Å². The third-order valence-corrected chi connectivity index (χ3v) is 5.36. The van der Waals surface area contributed by atoms with E-state index >= 15 is 0 Å². The molecule has 0 radical (unpaired) electrons. The molecule has 1 aromatic heterocycles. The van der Waals surface area contributed by atoms with Crippen molar-refractivity contribution < 1.29 is 22.5 Å². The normalized spacial score (nSPS) is 14.5. The molecule has 4 nitrogen and oxygen atoms in total. The van der Waals surface area contributed by atoms with E-state index < -0.39 is 17.5 Å². The van der Waals surface area contributed by atoms with Gasteiger partial charge in [-0.15, -0.1) is 13.2 Å². The summed E-state index contributed by atoms with van der Waals surface area (Å²) in [6, 6.07) is 4.18. The van der Waals surface area contributed by atoms with Crippen LogP contribution >= 0.6 is 11.3 Å². The van der Waals surface area contributed by atoms with Gasteiger partial charge in [0.2, 0.25) is 0 Å². The van der Waals surface area contributed by atoms with E-state index in [2.05, 4.69) is 9.73 Å². The Balaban J connectivity index is 2.36. The monoisotopic (exact) mass is 352 g/mol. The van der Waals surface area contributed by atoms with Gasteiger partial charge in [0.1, 0.15) is 17.3 Å². The van der Waals surface area contributed by atoms with Gasteiger partial charge in [-0.25, -0.2) is 0 Å². The van der Waals surface area contributed by atoms with Crippen molar-refractivity contribution in [3.63, 3.8) is 0 Å². The smallest absolute Gasteiger partial charge is 0.573 e. The van der Waals surface area contributed by atoms with E-state index in [9.17, 15) is 17.7 Å². The maximum Gasteiger partial charge on any atom is 0.573 e. The Morgan fingerprint density at radius 1 is 1.41 bits per heavy atom. The van der Waals surface area contributed by atoms with Gasteiger partial charge in [0, 0.05) is 7.05 Å². The van der Waals surface area contributed by atoms with Crippen LogP contribution in [0.5, 0.6) is 5.75 Å². The molecule has 0 bridgehead atoms. The summed E-state index contributed by atoms with van der Waals surface area (Å²) in [7, 11) is 1.62. The van der Waals surface area contributed by atoms with Crippen LogP contribution in [0.1, 0.15) is 6.92 Å². The fraction of sp³-hybridized carbons (Fsp3) is 0.462. The number of fused-ring (bicyclic) bond motifs is 1. The summed E-state index contributed by atoms with van der Waals surface area (Å²) in [6.45, 7) is 2.35. The van der Waals surface area contributed by atoms with E-state index in [4.69, 9.17) is 0 Å². The highest BCUT2D eigenvalue weighted by atomic mass is 32.2. The lowest BCUT2D eigenvalue weighted by molar-refractivity contribution is -0.274. The van der Waals surface area contributed by atoms with Crippen molar-refractivity contribution in [1.82, 2.24) is 4.57 Å². The highest BCUT2D eigenvalue weighted by molar-refractivity contribution is 7.91. The molecular formula is C13H15F3N2O2S2. The van der Waals surface area contributed by atoms with Crippen molar-refractivity contribution in [2.75, 3.05) is 18.6 Å². The van der Waals surface area contributed by atoms with Crippen LogP contribution < -0.4 is 9.54 Å². The van der Waals surface area contributed by atoms with E-state index in [1.807, 2.05) is 11.5 Å². The number of aromatic nitrogens is 1. The predicted molar refractivity (Wildman–Crippen MR) is 81.5 cm³/mol. The lowest BCUT2D eigenvalue weighted by Gasteiger charge is -2.10. The Kier molecular flexibility index (Phi) is 5.41. The molecule has 1 atom stereocenters. The second-order valence-corrected chi connectivity index (χ2v) is 7.24. The molecule has 1 unspecified atom stereocenters. The number of aryl methyl sites for hydroxylation is 1. The van der Waals surface area contributed by atoms with Crippen molar-refractivity contribution in [3.05, 3.63) is 23.0 Å². The maximum atomic E-state index is 12.3. The van der Waals surface area contributed by atoms with Crippen LogP contribution in [0.4, 0.5) is 13.2 Å². The number of rotatable bonds is 5. The van der Waals surface area contributed by atoms with Crippen LogP contribution in [0.25, 0.3) is 10.2 Å². The fourth-order valence-electron chi connectivity index (χ4n) is 1.97. The average Bonchev–Trinajstić information content (AvgIpc) is 2.79. The molecule has 1 heterocycles. The van der Waals surface area contributed by atoms with Gasteiger partial charge in [-0.1, -0.05) is 22.5 Å². The molecule has 9 heteroatoms. The van der Waals surface area contributed by atoms with E-state index in [-0.39, 0.29) is 5.75 Å². The number of hydrogen-bond donors (Lipinski definition) is 0. The summed E-state index contributed by atoms with van der Waals surface area (Å²) in [4.78, 5) is 4.81. The number of ether oxygens (including phenoxy) is 1. The first kappa shape index (κ1) is 17.2. The summed E-state index contributed by atoms with van der Waals surface area (Å²) >= 11 is 0.359. The number of thiazole rings is 1. The molecule has 0 aliphatic carbocycles. The summed E-state index contributed by atoms with van der Waals surface area (Å²) in [5, 5.41) is 0. The first-order valence-corrected chi connectivity index (χ1v) is 8.81. The fourth-order valence-corrected chi connectivity index (χ4v) is 3.69. The minimum atomic E-state index is -4.71. The maximum absolute atomic E-state index is 12.3. The minimum absolute atomic E-state index is 0.256. The third-order valence-electron chi connectivity index (χ3n) is 2.94. The molecule has 0 N–H and O–H groups in total. The van der Waals surface area contributed by atoms with E-state index in [0.29, 0.717) is 27.6 Å². The number of halogens is 3. The number of benzene rings is 1. The molecule has 122 valence electrons. The van der Waals surface area contributed by atoms with Gasteiger partial charge in [-0.3, -0.25) is 4.99 Å². The van der Waals surface area contributed by atoms with Crippen LogP contribution in [0, 0.1) is 0 Å². The summed E-state index contributed by atoms with van der Waals surface area (Å²) in [5.41, 5.74) is 0.758. The van der Waals surface area contributed by atoms with Crippen LogP contribution in [0.15, 0.2) is 23.2 Å². The average molecular weight is 352 g/mol. The quantitative estimate of drug-likeness (QED) is 0.777. The van der Waals surface area contributed by atoms with Crippen molar-refractivity contribution in [1.29, 1.82) is 0 Å². The van der Waals surface area contributed by atoms with Gasteiger partial charge >= 0.3 is 6.36 Å². The van der Waals surface area contributed by atoms with Crippen molar-refractivity contribution in [2.24, 2.45) is 4.99 Å². The highest BCUT2D eigenvalue weighted by Crippen LogP contribution is 2.27. The zero-order chi connectivity index (χ0) is 16.3. The molecule has 0 aliphatic heterocycles. The molecule has 0 fully saturated rings. The third kappa shape index (κ3) is 4.17. The standard InChI is InChI=1S/C13H15F3N2O2S2/c1-3-22(19)7-6-18-10-5-4-9(20-13(14,15)16)8-11(10)21-12(18)17-2/h4-5,8H,3,6-7H2,1-2H3. The second kappa shape index (κ2) is 6.93. The van der Waals surface area contributed by atoms with E-state index in [0.717, 1.165) is 5.52 Å². The van der Waals surface area contributed by atoms with Gasteiger partial charge in [-0.05, 0) is 25.1 Å². The molecule has 0 amide bonds. The topological polar surface area (TPSA) is 49.6 Å². The van der Waals surface area contributed by atoms with Gasteiger partial charge in [0.05, 0.1) is 16.8 Å². The van der Waals surface area contributed by atoms with Crippen molar-refractivity contribution in [2.45, 2.75) is 19.8 Å². The molecular weight excluding hydrogens is 337 g/mol. The van der Waals surface area contributed by atoms with Gasteiger partial charge in [0.15, 0.2) is 4.80 Å². The van der Waals surface area contributed by atoms with E-state index in [1.165, 1.54) is 23.5 Å². The summed E-state index contributed by atoms with van der Waals surface area (Å²) < 4.78 is 54.8. The Hall–Kier alpha value is -1.19. The van der Waals surface area contributed by atoms with Crippen molar-refractivity contribution in [3.8, 4) is 5.75 Å². The van der Waals surface area contributed by atoms with Crippen LogP contribution in [-0.4, -0.2) is 34.0 Å². The van der Waals surface area contributed by atoms with Gasteiger partial charge in [0.25, 0.3) is 0 Å². The zero-order valence-electron chi connectivity index (χ0n) is 12.0. The SMILES string of the molecule is CC[S+]([O-])CCn1c(=NC)sc2cc(OC(F)(F)F)ccc21. The Labute approximate surface area is 132 Å². The molecule has 2 rings (SSSR count).